The first-order valence-electron chi connectivity index (χ1n) is 8.26. The lowest BCUT2D eigenvalue weighted by molar-refractivity contribution is -0.131. The van der Waals surface area contributed by atoms with Gasteiger partial charge in [0.1, 0.15) is 0 Å². The van der Waals surface area contributed by atoms with Crippen molar-refractivity contribution < 1.29 is 19.9 Å². The van der Waals surface area contributed by atoms with Gasteiger partial charge in [-0.15, -0.1) is 0 Å². The number of halogens is 1. The molecule has 0 radical (unpaired) electrons. The highest BCUT2D eigenvalue weighted by molar-refractivity contribution is 9.10. The Bertz CT molecular complexity index is 787. The number of hydrogen-bond acceptors (Lipinski definition) is 3. The van der Waals surface area contributed by atoms with E-state index in [4.69, 9.17) is 0 Å². The monoisotopic (exact) mass is 418 g/mol. The van der Waals surface area contributed by atoms with Crippen molar-refractivity contribution in [2.45, 2.75) is 18.3 Å². The zero-order valence-electron chi connectivity index (χ0n) is 14.0. The van der Waals surface area contributed by atoms with Crippen LogP contribution in [0.5, 0.6) is 0 Å². The quantitative estimate of drug-likeness (QED) is 0.585. The topological polar surface area (TPSA) is 81.1 Å². The van der Waals surface area contributed by atoms with E-state index in [9.17, 15) is 19.9 Å². The summed E-state index contributed by atoms with van der Waals surface area (Å²) in [7, 11) is 0. The first kappa shape index (κ1) is 18.4. The minimum atomic E-state index is -0.995. The van der Waals surface area contributed by atoms with E-state index in [0.717, 1.165) is 10.0 Å². The van der Waals surface area contributed by atoms with Gasteiger partial charge in [-0.05, 0) is 42.7 Å². The summed E-state index contributed by atoms with van der Waals surface area (Å²) in [4.78, 5) is 25.8. The van der Waals surface area contributed by atoms with Crippen molar-refractivity contribution in [3.05, 3.63) is 64.6 Å². The predicted molar refractivity (Wildman–Crippen MR) is 100 cm³/mol. The Hall–Kier alpha value is -2.38. The molecule has 6 nitrogen and oxygen atoms in total. The minimum Gasteiger partial charge on any atom is -0.465 e. The van der Waals surface area contributed by atoms with Crippen LogP contribution >= 0.6 is 15.9 Å². The first-order chi connectivity index (χ1) is 12.4. The predicted octanol–water partition coefficient (Wildman–Crippen LogP) is 3.88. The maximum atomic E-state index is 13.3. The van der Waals surface area contributed by atoms with Crippen molar-refractivity contribution in [1.29, 1.82) is 0 Å². The smallest absolute Gasteiger partial charge is 0.407 e. The third-order valence-electron chi connectivity index (χ3n) is 4.89. The van der Waals surface area contributed by atoms with E-state index in [2.05, 4.69) is 15.9 Å². The van der Waals surface area contributed by atoms with E-state index < -0.39 is 17.4 Å². The molecule has 0 unspecified atom stereocenters. The lowest BCUT2D eigenvalue weighted by Gasteiger charge is -2.41. The number of carboxylic acid groups (broad SMARTS) is 1. The van der Waals surface area contributed by atoms with E-state index >= 15 is 0 Å². The van der Waals surface area contributed by atoms with Crippen molar-refractivity contribution >= 4 is 33.6 Å². The molecule has 0 bridgehead atoms. The molecular formula is C19H19BrN2O4. The van der Waals surface area contributed by atoms with Crippen molar-refractivity contribution in [1.82, 2.24) is 4.90 Å². The molecule has 2 amide bonds. The number of benzene rings is 2. The number of carbonyl (C=O) groups is 2. The number of piperidine rings is 1. The summed E-state index contributed by atoms with van der Waals surface area (Å²) in [6.45, 7) is 0.472. The van der Waals surface area contributed by atoms with E-state index in [-0.39, 0.29) is 13.1 Å². The van der Waals surface area contributed by atoms with Gasteiger partial charge >= 0.3 is 6.09 Å². The molecule has 1 fully saturated rings. The minimum absolute atomic E-state index is 0.236. The van der Waals surface area contributed by atoms with Crippen LogP contribution in [0, 0.1) is 0 Å². The van der Waals surface area contributed by atoms with Gasteiger partial charge in [-0.25, -0.2) is 4.79 Å². The molecule has 1 saturated heterocycles. The van der Waals surface area contributed by atoms with Gasteiger partial charge in [-0.3, -0.25) is 10.0 Å². The van der Waals surface area contributed by atoms with Crippen molar-refractivity contribution in [3.8, 4) is 0 Å². The highest BCUT2D eigenvalue weighted by Gasteiger charge is 2.46. The van der Waals surface area contributed by atoms with Gasteiger partial charge in [-0.1, -0.05) is 46.3 Å². The third-order valence-corrected chi connectivity index (χ3v) is 5.42. The summed E-state index contributed by atoms with van der Waals surface area (Å²) < 4.78 is 0.885. The van der Waals surface area contributed by atoms with Crippen molar-refractivity contribution in [2.75, 3.05) is 18.2 Å². The summed E-state index contributed by atoms with van der Waals surface area (Å²) in [5.74, 6) is -0.448. The summed E-state index contributed by atoms with van der Waals surface area (Å²) in [6.07, 6.45) is -0.376. The van der Waals surface area contributed by atoms with Crippen LogP contribution in [0.2, 0.25) is 0 Å². The van der Waals surface area contributed by atoms with Crippen LogP contribution in [0.25, 0.3) is 0 Å². The van der Waals surface area contributed by atoms with Gasteiger partial charge in [0.05, 0.1) is 11.1 Å². The molecule has 0 spiro atoms. The molecule has 3 rings (SSSR count). The zero-order chi connectivity index (χ0) is 18.7. The molecule has 1 aliphatic rings. The fourth-order valence-corrected chi connectivity index (χ4v) is 3.63. The fourth-order valence-electron chi connectivity index (χ4n) is 3.36. The summed E-state index contributed by atoms with van der Waals surface area (Å²) in [6, 6.07) is 16.0. The van der Waals surface area contributed by atoms with Crippen LogP contribution in [0.15, 0.2) is 59.1 Å². The number of para-hydroxylation sites is 1. The van der Waals surface area contributed by atoms with E-state index in [1.165, 1.54) is 4.90 Å². The van der Waals surface area contributed by atoms with Crippen LogP contribution in [0.1, 0.15) is 18.4 Å². The molecule has 1 aliphatic heterocycles. The van der Waals surface area contributed by atoms with E-state index in [0.29, 0.717) is 23.6 Å². The average Bonchev–Trinajstić information content (AvgIpc) is 2.68. The standard InChI is InChI=1S/C19H19BrN2O4/c20-15-8-6-14(7-9-15)19(10-12-21(13-11-19)18(24)25)17(23)22(26)16-4-2-1-3-5-16/h1-9,26H,10-13H2,(H,24,25). The second-order valence-corrected chi connectivity index (χ2v) is 7.23. The van der Waals surface area contributed by atoms with Crippen LogP contribution in [0.4, 0.5) is 10.5 Å². The summed E-state index contributed by atoms with van der Waals surface area (Å²) in [5, 5.41) is 20.4. The van der Waals surface area contributed by atoms with Gasteiger partial charge in [0, 0.05) is 17.6 Å². The normalized spacial score (nSPS) is 16.2. The molecular weight excluding hydrogens is 400 g/mol. The summed E-state index contributed by atoms with van der Waals surface area (Å²) in [5.41, 5.74) is 0.178. The molecule has 0 aliphatic carbocycles. The van der Waals surface area contributed by atoms with Gasteiger partial charge in [0.25, 0.3) is 5.91 Å². The highest BCUT2D eigenvalue weighted by Crippen LogP contribution is 2.38. The Labute approximate surface area is 159 Å². The van der Waals surface area contributed by atoms with Gasteiger partial charge < -0.3 is 10.0 Å². The third kappa shape index (κ3) is 3.45. The molecule has 2 aromatic carbocycles. The molecule has 0 aromatic heterocycles. The van der Waals surface area contributed by atoms with Crippen LogP contribution in [-0.2, 0) is 10.2 Å². The molecule has 26 heavy (non-hydrogen) atoms. The molecule has 0 atom stereocenters. The molecule has 1 heterocycles. The van der Waals surface area contributed by atoms with E-state index in [1.807, 2.05) is 24.3 Å². The Morgan fingerprint density at radius 2 is 1.58 bits per heavy atom. The second-order valence-electron chi connectivity index (χ2n) is 6.31. The molecule has 2 N–H and O–H groups in total. The van der Waals surface area contributed by atoms with Gasteiger partial charge in [0.15, 0.2) is 0 Å². The van der Waals surface area contributed by atoms with Gasteiger partial charge in [-0.2, -0.15) is 5.06 Å². The Morgan fingerprint density at radius 1 is 1.00 bits per heavy atom. The Morgan fingerprint density at radius 3 is 2.12 bits per heavy atom. The van der Waals surface area contributed by atoms with E-state index in [1.54, 1.807) is 30.3 Å². The lowest BCUT2D eigenvalue weighted by Crippen LogP contribution is -2.53. The van der Waals surface area contributed by atoms with Crippen molar-refractivity contribution in [2.24, 2.45) is 0 Å². The Balaban J connectivity index is 1.97. The largest absolute Gasteiger partial charge is 0.465 e. The lowest BCUT2D eigenvalue weighted by atomic mass is 9.72. The zero-order valence-corrected chi connectivity index (χ0v) is 15.6. The van der Waals surface area contributed by atoms with Crippen LogP contribution < -0.4 is 5.06 Å². The summed E-state index contributed by atoms with van der Waals surface area (Å²) >= 11 is 3.39. The van der Waals surface area contributed by atoms with Crippen molar-refractivity contribution in [3.63, 3.8) is 0 Å². The maximum Gasteiger partial charge on any atom is 0.407 e. The molecule has 2 aromatic rings. The Kier molecular flexibility index (Phi) is 5.29. The van der Waals surface area contributed by atoms with Gasteiger partial charge in [0.2, 0.25) is 0 Å². The average molecular weight is 419 g/mol. The van der Waals surface area contributed by atoms with Crippen LogP contribution in [-0.4, -0.2) is 40.3 Å². The number of likely N-dealkylation sites (tertiary alicyclic amines) is 1. The first-order valence-corrected chi connectivity index (χ1v) is 9.06. The second kappa shape index (κ2) is 7.47. The number of carbonyl (C=O) groups excluding carboxylic acids is 1. The SMILES string of the molecule is O=C(O)N1CCC(C(=O)N(O)c2ccccc2)(c2ccc(Br)cc2)CC1. The molecule has 136 valence electrons. The molecule has 7 heteroatoms. The number of anilines is 1. The molecule has 0 saturated carbocycles. The number of amides is 2. The maximum absolute atomic E-state index is 13.3. The number of hydroxylamine groups is 1. The highest BCUT2D eigenvalue weighted by atomic mass is 79.9. The number of rotatable bonds is 3. The van der Waals surface area contributed by atoms with Crippen LogP contribution in [0.3, 0.4) is 0 Å². The number of hydrogen-bond donors (Lipinski definition) is 2. The number of nitrogens with zero attached hydrogens (tertiary/aromatic N) is 2. The fraction of sp³-hybridized carbons (Fsp3) is 0.263.